The number of nitrogens with one attached hydrogen (secondary N) is 1. The van der Waals surface area contributed by atoms with Crippen molar-refractivity contribution in [2.45, 2.75) is 13.5 Å². The standard InChI is InChI=1S/C9H15N3O2S/c1-8-3-2-4-9(12-8)7-11-5-6-15(10,13)14/h2-4,11H,5-7H2,1H3,(H2,10,13,14). The van der Waals surface area contributed by atoms with Gasteiger partial charge in [-0.2, -0.15) is 0 Å². The first-order valence-electron chi connectivity index (χ1n) is 4.61. The van der Waals surface area contributed by atoms with Gasteiger partial charge in [0.2, 0.25) is 10.0 Å². The molecule has 5 nitrogen and oxygen atoms in total. The molecule has 3 N–H and O–H groups in total. The van der Waals surface area contributed by atoms with Gasteiger partial charge in [-0.1, -0.05) is 6.07 Å². The van der Waals surface area contributed by atoms with Crippen LogP contribution in [-0.2, 0) is 16.6 Å². The second-order valence-electron chi connectivity index (χ2n) is 3.31. The first-order chi connectivity index (χ1) is 6.97. The third-order valence-electron chi connectivity index (χ3n) is 1.82. The maximum atomic E-state index is 10.6. The molecule has 0 aliphatic carbocycles. The molecule has 0 bridgehead atoms. The summed E-state index contributed by atoms with van der Waals surface area (Å²) in [6.07, 6.45) is 0. The number of nitrogens with two attached hydrogens (primary N) is 1. The SMILES string of the molecule is Cc1cccc(CNCCS(N)(=O)=O)n1. The van der Waals surface area contributed by atoms with Gasteiger partial charge in [-0.3, -0.25) is 4.98 Å². The Morgan fingerprint density at radius 3 is 2.80 bits per heavy atom. The molecule has 0 saturated heterocycles. The van der Waals surface area contributed by atoms with Crippen LogP contribution in [0.4, 0.5) is 0 Å². The Kier molecular flexibility index (Phi) is 4.19. The van der Waals surface area contributed by atoms with E-state index in [1.165, 1.54) is 0 Å². The molecule has 0 aliphatic heterocycles. The molecule has 1 heterocycles. The summed E-state index contributed by atoms with van der Waals surface area (Å²) in [5.74, 6) is -0.0567. The van der Waals surface area contributed by atoms with E-state index in [9.17, 15) is 8.42 Å². The van der Waals surface area contributed by atoms with Crippen LogP contribution in [0.3, 0.4) is 0 Å². The minimum Gasteiger partial charge on any atom is -0.310 e. The summed E-state index contributed by atoms with van der Waals surface area (Å²) in [4.78, 5) is 4.26. The molecule has 1 rings (SSSR count). The van der Waals surface area contributed by atoms with Crippen LogP contribution in [0.15, 0.2) is 18.2 Å². The van der Waals surface area contributed by atoms with E-state index in [0.29, 0.717) is 13.1 Å². The number of pyridine rings is 1. The normalized spacial score (nSPS) is 11.6. The lowest BCUT2D eigenvalue weighted by Crippen LogP contribution is -2.27. The zero-order valence-electron chi connectivity index (χ0n) is 8.60. The molecular formula is C9H15N3O2S. The fourth-order valence-corrected chi connectivity index (χ4v) is 1.56. The number of rotatable bonds is 5. The fraction of sp³-hybridized carbons (Fsp3) is 0.444. The number of hydrogen-bond acceptors (Lipinski definition) is 4. The molecule has 0 radical (unpaired) electrons. The van der Waals surface area contributed by atoms with Gasteiger partial charge < -0.3 is 5.32 Å². The van der Waals surface area contributed by atoms with Gasteiger partial charge >= 0.3 is 0 Å². The lowest BCUT2D eigenvalue weighted by Gasteiger charge is -2.03. The number of hydrogen-bond donors (Lipinski definition) is 2. The number of nitrogens with zero attached hydrogens (tertiary/aromatic N) is 1. The lowest BCUT2D eigenvalue weighted by atomic mass is 10.3. The van der Waals surface area contributed by atoms with Gasteiger partial charge in [0.25, 0.3) is 0 Å². The van der Waals surface area contributed by atoms with Gasteiger partial charge in [0.1, 0.15) is 0 Å². The molecule has 15 heavy (non-hydrogen) atoms. The van der Waals surface area contributed by atoms with Gasteiger partial charge in [0, 0.05) is 18.8 Å². The molecule has 0 amide bonds. The van der Waals surface area contributed by atoms with Crippen molar-refractivity contribution in [1.82, 2.24) is 10.3 Å². The quantitative estimate of drug-likeness (QED) is 0.683. The molecule has 6 heteroatoms. The van der Waals surface area contributed by atoms with Crippen molar-refractivity contribution in [3.8, 4) is 0 Å². The second-order valence-corrected chi connectivity index (χ2v) is 5.05. The van der Waals surface area contributed by atoms with Crippen molar-refractivity contribution < 1.29 is 8.42 Å². The predicted octanol–water partition coefficient (Wildman–Crippen LogP) is -0.232. The van der Waals surface area contributed by atoms with Crippen molar-refractivity contribution in [2.24, 2.45) is 5.14 Å². The van der Waals surface area contributed by atoms with E-state index in [1.807, 2.05) is 25.1 Å². The maximum absolute atomic E-state index is 10.6. The first kappa shape index (κ1) is 12.1. The number of sulfonamides is 1. The van der Waals surface area contributed by atoms with Crippen LogP contribution in [0.1, 0.15) is 11.4 Å². The van der Waals surface area contributed by atoms with Gasteiger partial charge in [0.15, 0.2) is 0 Å². The summed E-state index contributed by atoms with van der Waals surface area (Å²) in [6.45, 7) is 2.81. The van der Waals surface area contributed by atoms with E-state index >= 15 is 0 Å². The van der Waals surface area contributed by atoms with Crippen molar-refractivity contribution >= 4 is 10.0 Å². The van der Waals surface area contributed by atoms with E-state index in [-0.39, 0.29) is 5.75 Å². The van der Waals surface area contributed by atoms with Crippen molar-refractivity contribution in [3.63, 3.8) is 0 Å². The van der Waals surface area contributed by atoms with E-state index in [2.05, 4.69) is 10.3 Å². The Morgan fingerprint density at radius 1 is 1.47 bits per heavy atom. The van der Waals surface area contributed by atoms with Crippen molar-refractivity contribution in [1.29, 1.82) is 0 Å². The smallest absolute Gasteiger partial charge is 0.210 e. The highest BCUT2D eigenvalue weighted by molar-refractivity contribution is 7.89. The molecular weight excluding hydrogens is 214 g/mol. The number of aromatic nitrogens is 1. The Morgan fingerprint density at radius 2 is 2.20 bits per heavy atom. The van der Waals surface area contributed by atoms with E-state index < -0.39 is 10.0 Å². The topological polar surface area (TPSA) is 85.1 Å². The summed E-state index contributed by atoms with van der Waals surface area (Å²) < 4.78 is 21.2. The molecule has 0 unspecified atom stereocenters. The lowest BCUT2D eigenvalue weighted by molar-refractivity contribution is 0.591. The molecule has 84 valence electrons. The van der Waals surface area contributed by atoms with E-state index in [4.69, 9.17) is 5.14 Å². The highest BCUT2D eigenvalue weighted by Crippen LogP contribution is 1.96. The minimum atomic E-state index is -3.37. The van der Waals surface area contributed by atoms with Gasteiger partial charge in [-0.15, -0.1) is 0 Å². The molecule has 0 aromatic carbocycles. The van der Waals surface area contributed by atoms with Gasteiger partial charge in [-0.25, -0.2) is 13.6 Å². The molecule has 0 aliphatic rings. The average Bonchev–Trinajstić information content (AvgIpc) is 2.11. The maximum Gasteiger partial charge on any atom is 0.210 e. The summed E-state index contributed by atoms with van der Waals surface area (Å²) in [5.41, 5.74) is 1.84. The van der Waals surface area contributed by atoms with Gasteiger partial charge in [0.05, 0.1) is 11.4 Å². The Bertz CT molecular complexity index is 417. The summed E-state index contributed by atoms with van der Waals surface area (Å²) in [6, 6.07) is 5.71. The molecule has 0 fully saturated rings. The van der Waals surface area contributed by atoms with E-state index in [1.54, 1.807) is 0 Å². The van der Waals surface area contributed by atoms with Crippen molar-refractivity contribution in [2.75, 3.05) is 12.3 Å². The van der Waals surface area contributed by atoms with Gasteiger partial charge in [-0.05, 0) is 19.1 Å². The number of aryl methyl sites for hydroxylation is 1. The minimum absolute atomic E-state index is 0.0567. The second kappa shape index (κ2) is 5.20. The first-order valence-corrected chi connectivity index (χ1v) is 6.33. The largest absolute Gasteiger partial charge is 0.310 e. The molecule has 0 saturated carbocycles. The van der Waals surface area contributed by atoms with Crippen LogP contribution >= 0.6 is 0 Å². The van der Waals surface area contributed by atoms with Crippen LogP contribution in [-0.4, -0.2) is 25.7 Å². The zero-order valence-corrected chi connectivity index (χ0v) is 9.42. The molecule has 0 spiro atoms. The van der Waals surface area contributed by atoms with Crippen molar-refractivity contribution in [3.05, 3.63) is 29.6 Å². The van der Waals surface area contributed by atoms with E-state index in [0.717, 1.165) is 11.4 Å². The highest BCUT2D eigenvalue weighted by atomic mass is 32.2. The fourth-order valence-electron chi connectivity index (χ4n) is 1.13. The Labute approximate surface area is 89.8 Å². The predicted molar refractivity (Wildman–Crippen MR) is 58.7 cm³/mol. The number of primary sulfonamides is 1. The van der Waals surface area contributed by atoms with Crippen LogP contribution in [0, 0.1) is 6.92 Å². The third kappa shape index (κ3) is 5.46. The summed E-state index contributed by atoms with van der Waals surface area (Å²) in [7, 11) is -3.37. The Hall–Kier alpha value is -0.980. The third-order valence-corrected chi connectivity index (χ3v) is 2.59. The molecule has 1 aromatic rings. The Balaban J connectivity index is 2.32. The summed E-state index contributed by atoms with van der Waals surface area (Å²) in [5, 5.41) is 7.82. The molecule has 1 aromatic heterocycles. The van der Waals surface area contributed by atoms with Crippen LogP contribution in [0.25, 0.3) is 0 Å². The highest BCUT2D eigenvalue weighted by Gasteiger charge is 2.01. The van der Waals surface area contributed by atoms with Crippen LogP contribution in [0.5, 0.6) is 0 Å². The summed E-state index contributed by atoms with van der Waals surface area (Å²) >= 11 is 0. The van der Waals surface area contributed by atoms with Crippen LogP contribution < -0.4 is 10.5 Å². The van der Waals surface area contributed by atoms with Crippen LogP contribution in [0.2, 0.25) is 0 Å². The zero-order chi connectivity index (χ0) is 11.3. The average molecular weight is 229 g/mol. The monoisotopic (exact) mass is 229 g/mol. The molecule has 0 atom stereocenters.